The summed E-state index contributed by atoms with van der Waals surface area (Å²) in [4.78, 5) is 17.2. The molecule has 1 saturated heterocycles. The Bertz CT molecular complexity index is 795. The molecule has 2 aromatic rings. The zero-order valence-electron chi connectivity index (χ0n) is 13.9. The zero-order valence-corrected chi connectivity index (χ0v) is 13.9. The lowest BCUT2D eigenvalue weighted by molar-refractivity contribution is 0.00578. The van der Waals surface area contributed by atoms with Gasteiger partial charge in [0.2, 0.25) is 0 Å². The SMILES string of the molecule is Cc1nc2cccc(B3OC(C)(C)C(C)(C)O3)c2c(=O)n1C. The van der Waals surface area contributed by atoms with E-state index in [0.29, 0.717) is 16.7 Å². The van der Waals surface area contributed by atoms with Crippen molar-refractivity contribution in [1.29, 1.82) is 0 Å². The summed E-state index contributed by atoms with van der Waals surface area (Å²) in [6.45, 7) is 9.82. The van der Waals surface area contributed by atoms with Crippen molar-refractivity contribution in [3.8, 4) is 0 Å². The minimum atomic E-state index is -0.564. The van der Waals surface area contributed by atoms with Gasteiger partial charge in [-0.05, 0) is 46.1 Å². The predicted molar refractivity (Wildman–Crippen MR) is 87.4 cm³/mol. The number of fused-ring (bicyclic) bond motifs is 1. The van der Waals surface area contributed by atoms with E-state index in [1.165, 1.54) is 0 Å². The topological polar surface area (TPSA) is 53.4 Å². The fraction of sp³-hybridized carbons (Fsp3) is 0.500. The fourth-order valence-corrected chi connectivity index (χ4v) is 2.61. The first-order valence-corrected chi connectivity index (χ1v) is 7.46. The van der Waals surface area contributed by atoms with E-state index < -0.39 is 18.3 Å². The molecule has 1 aliphatic rings. The second-order valence-corrected chi connectivity index (χ2v) is 6.85. The molecule has 0 N–H and O–H groups in total. The van der Waals surface area contributed by atoms with Gasteiger partial charge in [0.1, 0.15) is 5.82 Å². The van der Waals surface area contributed by atoms with Crippen molar-refractivity contribution < 1.29 is 9.31 Å². The molecule has 2 heterocycles. The van der Waals surface area contributed by atoms with Crippen LogP contribution in [0.5, 0.6) is 0 Å². The van der Waals surface area contributed by atoms with E-state index in [2.05, 4.69) is 4.98 Å². The molecule has 0 spiro atoms. The molecule has 116 valence electrons. The average Bonchev–Trinajstić information content (AvgIpc) is 2.64. The summed E-state index contributed by atoms with van der Waals surface area (Å²) in [5.41, 5.74) is 0.455. The summed E-state index contributed by atoms with van der Waals surface area (Å²) in [5, 5.41) is 0.564. The van der Waals surface area contributed by atoms with Gasteiger partial charge in [-0.1, -0.05) is 12.1 Å². The van der Waals surface area contributed by atoms with E-state index in [0.717, 1.165) is 5.46 Å². The van der Waals surface area contributed by atoms with Crippen LogP contribution in [0.4, 0.5) is 0 Å². The summed E-state index contributed by atoms with van der Waals surface area (Å²) in [5.74, 6) is 0.684. The van der Waals surface area contributed by atoms with E-state index in [1.54, 1.807) is 11.6 Å². The van der Waals surface area contributed by atoms with Crippen molar-refractivity contribution in [2.45, 2.75) is 45.8 Å². The molecule has 0 aliphatic carbocycles. The number of nitrogens with zero attached hydrogens (tertiary/aromatic N) is 2. The molecule has 1 fully saturated rings. The highest BCUT2D eigenvalue weighted by Gasteiger charge is 2.52. The van der Waals surface area contributed by atoms with Crippen molar-refractivity contribution in [3.05, 3.63) is 34.4 Å². The largest absolute Gasteiger partial charge is 0.495 e. The standard InChI is InChI=1S/C16H21BN2O3/c1-10-18-12-9-7-8-11(13(12)14(20)19(10)6)17-21-15(2,3)16(4,5)22-17/h7-9H,1-6H3. The van der Waals surface area contributed by atoms with Gasteiger partial charge < -0.3 is 9.31 Å². The lowest BCUT2D eigenvalue weighted by Gasteiger charge is -2.32. The van der Waals surface area contributed by atoms with Gasteiger partial charge in [-0.2, -0.15) is 0 Å². The lowest BCUT2D eigenvalue weighted by Crippen LogP contribution is -2.41. The fourth-order valence-electron chi connectivity index (χ4n) is 2.61. The number of hydrogen-bond donors (Lipinski definition) is 0. The summed E-state index contributed by atoms with van der Waals surface area (Å²) in [6, 6.07) is 5.61. The average molecular weight is 300 g/mol. The molecule has 0 unspecified atom stereocenters. The quantitative estimate of drug-likeness (QED) is 0.750. The highest BCUT2D eigenvalue weighted by atomic mass is 16.7. The minimum absolute atomic E-state index is 0.0761. The molecule has 1 aromatic carbocycles. The minimum Gasteiger partial charge on any atom is -0.399 e. The van der Waals surface area contributed by atoms with Crippen molar-refractivity contribution in [1.82, 2.24) is 9.55 Å². The maximum absolute atomic E-state index is 12.7. The van der Waals surface area contributed by atoms with Crippen LogP contribution in [0.2, 0.25) is 0 Å². The highest BCUT2D eigenvalue weighted by molar-refractivity contribution is 6.65. The maximum atomic E-state index is 12.7. The molecule has 6 heteroatoms. The molecule has 1 aliphatic heterocycles. The van der Waals surface area contributed by atoms with E-state index in [4.69, 9.17) is 9.31 Å². The third-order valence-corrected chi connectivity index (χ3v) is 4.87. The number of rotatable bonds is 1. The van der Waals surface area contributed by atoms with Gasteiger partial charge in [0.15, 0.2) is 0 Å². The van der Waals surface area contributed by atoms with E-state index in [9.17, 15) is 4.79 Å². The summed E-state index contributed by atoms with van der Waals surface area (Å²) in [6.07, 6.45) is 0. The Morgan fingerprint density at radius 3 is 2.32 bits per heavy atom. The molecule has 22 heavy (non-hydrogen) atoms. The zero-order chi connectivity index (χ0) is 16.3. The summed E-state index contributed by atoms with van der Waals surface area (Å²) >= 11 is 0. The number of hydrogen-bond acceptors (Lipinski definition) is 4. The second kappa shape index (κ2) is 4.67. The molecular formula is C16H21BN2O3. The van der Waals surface area contributed by atoms with Crippen LogP contribution in [0.25, 0.3) is 10.9 Å². The van der Waals surface area contributed by atoms with Gasteiger partial charge in [0.05, 0.1) is 22.1 Å². The van der Waals surface area contributed by atoms with E-state index >= 15 is 0 Å². The Kier molecular flexibility index (Phi) is 3.24. The molecule has 1 aromatic heterocycles. The predicted octanol–water partition coefficient (Wildman–Crippen LogP) is 1.54. The van der Waals surface area contributed by atoms with Gasteiger partial charge in [0, 0.05) is 7.05 Å². The highest BCUT2D eigenvalue weighted by Crippen LogP contribution is 2.36. The molecule has 0 atom stereocenters. The van der Waals surface area contributed by atoms with Crippen molar-refractivity contribution in [2.24, 2.45) is 7.05 Å². The third kappa shape index (κ3) is 2.09. The first-order chi connectivity index (χ1) is 10.1. The van der Waals surface area contributed by atoms with Crippen molar-refractivity contribution in [3.63, 3.8) is 0 Å². The Labute approximate surface area is 130 Å². The normalized spacial score (nSPS) is 19.8. The van der Waals surface area contributed by atoms with E-state index in [-0.39, 0.29) is 5.56 Å². The van der Waals surface area contributed by atoms with Gasteiger partial charge in [0.25, 0.3) is 5.56 Å². The molecule has 0 amide bonds. The van der Waals surface area contributed by atoms with Crippen LogP contribution in [0, 0.1) is 6.92 Å². The van der Waals surface area contributed by atoms with Gasteiger partial charge in [-0.25, -0.2) is 4.98 Å². The third-order valence-electron chi connectivity index (χ3n) is 4.87. The monoisotopic (exact) mass is 300 g/mol. The first-order valence-electron chi connectivity index (χ1n) is 7.46. The maximum Gasteiger partial charge on any atom is 0.495 e. The smallest absolute Gasteiger partial charge is 0.399 e. The van der Waals surface area contributed by atoms with Crippen LogP contribution in [0.15, 0.2) is 23.0 Å². The van der Waals surface area contributed by atoms with Gasteiger partial charge in [-0.15, -0.1) is 0 Å². The summed E-state index contributed by atoms with van der Waals surface area (Å²) < 4.78 is 13.7. The Balaban J connectivity index is 2.22. The number of aromatic nitrogens is 2. The molecule has 5 nitrogen and oxygen atoms in total. The van der Waals surface area contributed by atoms with Crippen LogP contribution in [-0.4, -0.2) is 27.9 Å². The molecule has 3 rings (SSSR count). The van der Waals surface area contributed by atoms with Crippen LogP contribution in [-0.2, 0) is 16.4 Å². The molecule has 0 radical (unpaired) electrons. The van der Waals surface area contributed by atoms with E-state index in [1.807, 2.05) is 52.8 Å². The van der Waals surface area contributed by atoms with Crippen LogP contribution in [0.1, 0.15) is 33.5 Å². The lowest BCUT2D eigenvalue weighted by atomic mass is 9.77. The molecular weight excluding hydrogens is 279 g/mol. The molecule has 0 saturated carbocycles. The van der Waals surface area contributed by atoms with Crippen molar-refractivity contribution >= 4 is 23.5 Å². The van der Waals surface area contributed by atoms with Crippen LogP contribution < -0.4 is 11.0 Å². The van der Waals surface area contributed by atoms with Crippen molar-refractivity contribution in [2.75, 3.05) is 0 Å². The van der Waals surface area contributed by atoms with Crippen LogP contribution >= 0.6 is 0 Å². The Morgan fingerprint density at radius 2 is 1.73 bits per heavy atom. The Morgan fingerprint density at radius 1 is 1.14 bits per heavy atom. The Hall–Kier alpha value is -1.66. The number of aryl methyl sites for hydroxylation is 1. The molecule has 0 bridgehead atoms. The van der Waals surface area contributed by atoms with Gasteiger partial charge >= 0.3 is 7.12 Å². The van der Waals surface area contributed by atoms with Gasteiger partial charge in [-0.3, -0.25) is 9.36 Å². The first kappa shape index (κ1) is 15.2. The second-order valence-electron chi connectivity index (χ2n) is 6.85. The van der Waals surface area contributed by atoms with Crippen LogP contribution in [0.3, 0.4) is 0 Å². The summed E-state index contributed by atoms with van der Waals surface area (Å²) in [7, 11) is 1.16. The number of benzene rings is 1.